The normalized spacial score (nSPS) is 14.6. The fourth-order valence-electron chi connectivity index (χ4n) is 1.51. The molecule has 152 valence electrons. The lowest BCUT2D eigenvalue weighted by Gasteiger charge is -2.23. The molecule has 0 bridgehead atoms. The standard InChI is InChI=1S/C8H10ClN5.C6H12O7/c9-5-1-3-6(4-2-5)13-8(12)14-7(10)11;7-1-2(8)3(9)4(10)5(11)6(12)13/h1-4H,(H6,10,11,12,13,14);2-5,7-11H,1H2,(H,12,13). The zero-order chi connectivity index (χ0) is 21.1. The Labute approximate surface area is 158 Å². The summed E-state index contributed by atoms with van der Waals surface area (Å²) in [5.41, 5.74) is 5.74. The first-order valence-corrected chi connectivity index (χ1v) is 7.65. The van der Waals surface area contributed by atoms with Crippen LogP contribution in [0.5, 0.6) is 0 Å². The van der Waals surface area contributed by atoms with Gasteiger partial charge in [0.15, 0.2) is 18.0 Å². The van der Waals surface area contributed by atoms with Gasteiger partial charge in [0.1, 0.15) is 18.3 Å². The summed E-state index contributed by atoms with van der Waals surface area (Å²) in [5.74, 6) is -2.06. The summed E-state index contributed by atoms with van der Waals surface area (Å²) in [5, 5.41) is 71.7. The van der Waals surface area contributed by atoms with Crippen molar-refractivity contribution in [1.29, 1.82) is 10.8 Å². The fraction of sp³-hybridized carbons (Fsp3) is 0.357. The van der Waals surface area contributed by atoms with Gasteiger partial charge in [-0.25, -0.2) is 4.79 Å². The molecule has 1 aromatic rings. The molecule has 0 saturated heterocycles. The largest absolute Gasteiger partial charge is 0.479 e. The fourth-order valence-corrected chi connectivity index (χ4v) is 1.64. The molecule has 0 heterocycles. The van der Waals surface area contributed by atoms with E-state index in [2.05, 4.69) is 10.6 Å². The molecule has 0 aliphatic heterocycles. The maximum absolute atomic E-state index is 10.1. The third kappa shape index (κ3) is 9.69. The van der Waals surface area contributed by atoms with Gasteiger partial charge in [-0.1, -0.05) is 11.6 Å². The van der Waals surface area contributed by atoms with Gasteiger partial charge in [0.2, 0.25) is 0 Å². The Morgan fingerprint density at radius 1 is 1.11 bits per heavy atom. The van der Waals surface area contributed by atoms with Crippen molar-refractivity contribution in [1.82, 2.24) is 5.32 Å². The number of carboxylic acids is 1. The lowest BCUT2D eigenvalue weighted by molar-refractivity contribution is -0.164. The molecular weight excluding hydrogens is 386 g/mol. The molecule has 4 unspecified atom stereocenters. The highest BCUT2D eigenvalue weighted by molar-refractivity contribution is 6.30. The number of aliphatic carboxylic acids is 1. The molecule has 1 aromatic carbocycles. The molecule has 0 fully saturated rings. The summed E-state index contributed by atoms with van der Waals surface area (Å²) < 4.78 is 0. The van der Waals surface area contributed by atoms with Crippen LogP contribution in [0.2, 0.25) is 5.02 Å². The van der Waals surface area contributed by atoms with Crippen molar-refractivity contribution >= 4 is 35.2 Å². The van der Waals surface area contributed by atoms with E-state index in [4.69, 9.17) is 58.8 Å². The van der Waals surface area contributed by atoms with Gasteiger partial charge in [0.25, 0.3) is 0 Å². The predicted octanol–water partition coefficient (Wildman–Crippen LogP) is -2.32. The number of aliphatic hydroxyl groups is 5. The van der Waals surface area contributed by atoms with Gasteiger partial charge in [-0.2, -0.15) is 0 Å². The summed E-state index contributed by atoms with van der Waals surface area (Å²) in [7, 11) is 0. The second-order valence-corrected chi connectivity index (χ2v) is 5.50. The number of nitrogens with two attached hydrogens (primary N) is 1. The van der Waals surface area contributed by atoms with Crippen molar-refractivity contribution in [3.05, 3.63) is 29.3 Å². The summed E-state index contributed by atoms with van der Waals surface area (Å²) in [6.45, 7) is -0.843. The highest BCUT2D eigenvalue weighted by atomic mass is 35.5. The van der Waals surface area contributed by atoms with Crippen LogP contribution < -0.4 is 16.4 Å². The van der Waals surface area contributed by atoms with E-state index in [-0.39, 0.29) is 11.9 Å². The predicted molar refractivity (Wildman–Crippen MR) is 96.6 cm³/mol. The summed E-state index contributed by atoms with van der Waals surface area (Å²) in [4.78, 5) is 10.1. The van der Waals surface area contributed by atoms with Crippen LogP contribution >= 0.6 is 11.6 Å². The van der Waals surface area contributed by atoms with Crippen LogP contribution in [0.1, 0.15) is 0 Å². The van der Waals surface area contributed by atoms with Gasteiger partial charge < -0.3 is 41.7 Å². The topological polar surface area (TPSA) is 236 Å². The Balaban J connectivity index is 0.000000503. The number of halogens is 1. The van der Waals surface area contributed by atoms with Crippen LogP contribution in [0.25, 0.3) is 0 Å². The Morgan fingerprint density at radius 3 is 2.04 bits per heavy atom. The molecule has 0 amide bonds. The lowest BCUT2D eigenvalue weighted by Crippen LogP contribution is -2.48. The molecule has 12 nitrogen and oxygen atoms in total. The van der Waals surface area contributed by atoms with Crippen LogP contribution in [-0.4, -0.2) is 79.6 Å². The van der Waals surface area contributed by atoms with Crippen LogP contribution in [0.15, 0.2) is 24.3 Å². The molecule has 0 saturated carbocycles. The number of benzene rings is 1. The minimum absolute atomic E-state index is 0.0557. The van der Waals surface area contributed by atoms with Crippen molar-refractivity contribution in [3.63, 3.8) is 0 Å². The minimum atomic E-state index is -2.20. The molecule has 27 heavy (non-hydrogen) atoms. The van der Waals surface area contributed by atoms with E-state index < -0.39 is 37.0 Å². The van der Waals surface area contributed by atoms with Crippen LogP contribution in [0.3, 0.4) is 0 Å². The lowest BCUT2D eigenvalue weighted by atomic mass is 10.0. The molecule has 0 aliphatic carbocycles. The number of guanidine groups is 2. The van der Waals surface area contributed by atoms with Gasteiger partial charge in [0.05, 0.1) is 6.61 Å². The number of carboxylic acid groups (broad SMARTS) is 1. The maximum atomic E-state index is 10.1. The first kappa shape index (κ1) is 24.5. The zero-order valence-corrected chi connectivity index (χ0v) is 14.6. The Hall–Kier alpha value is -2.48. The summed E-state index contributed by atoms with van der Waals surface area (Å²) in [6.07, 6.45) is -7.84. The van der Waals surface area contributed by atoms with Crippen LogP contribution in [0, 0.1) is 10.8 Å². The molecule has 12 N–H and O–H groups in total. The Morgan fingerprint density at radius 2 is 1.63 bits per heavy atom. The third-order valence-electron chi connectivity index (χ3n) is 2.88. The molecule has 4 atom stereocenters. The third-order valence-corrected chi connectivity index (χ3v) is 3.13. The molecule has 0 spiro atoms. The average molecular weight is 408 g/mol. The van der Waals surface area contributed by atoms with E-state index in [0.717, 1.165) is 0 Å². The number of aliphatic hydroxyl groups excluding tert-OH is 5. The molecule has 1 rings (SSSR count). The van der Waals surface area contributed by atoms with Crippen molar-refractivity contribution in [2.75, 3.05) is 11.9 Å². The number of hydrogen-bond donors (Lipinski definition) is 11. The Bertz CT molecular complexity index is 631. The van der Waals surface area contributed by atoms with E-state index in [0.29, 0.717) is 10.7 Å². The smallest absolute Gasteiger partial charge is 0.335 e. The van der Waals surface area contributed by atoms with Crippen molar-refractivity contribution in [2.45, 2.75) is 24.4 Å². The monoisotopic (exact) mass is 407 g/mol. The van der Waals surface area contributed by atoms with E-state index in [1.165, 1.54) is 0 Å². The van der Waals surface area contributed by atoms with E-state index in [1.54, 1.807) is 24.3 Å². The molecule has 0 aliphatic rings. The number of hydrogen-bond acceptors (Lipinski definition) is 8. The maximum Gasteiger partial charge on any atom is 0.335 e. The number of carbonyl (C=O) groups is 1. The average Bonchev–Trinajstić information content (AvgIpc) is 2.60. The first-order chi connectivity index (χ1) is 12.5. The molecular formula is C14H22ClN5O7. The number of anilines is 1. The quantitative estimate of drug-likeness (QED) is 0.177. The van der Waals surface area contributed by atoms with Gasteiger partial charge in [-0.3, -0.25) is 16.1 Å². The molecule has 13 heteroatoms. The van der Waals surface area contributed by atoms with E-state index in [9.17, 15) is 4.79 Å². The van der Waals surface area contributed by atoms with Gasteiger partial charge in [0, 0.05) is 10.7 Å². The van der Waals surface area contributed by atoms with Crippen molar-refractivity contribution < 1.29 is 35.4 Å². The van der Waals surface area contributed by atoms with Crippen molar-refractivity contribution in [2.24, 2.45) is 5.73 Å². The Kier molecular flexibility index (Phi) is 10.9. The molecule has 0 aromatic heterocycles. The van der Waals surface area contributed by atoms with Gasteiger partial charge >= 0.3 is 5.97 Å². The second kappa shape index (κ2) is 12.0. The SMILES string of the molecule is N=C(N)NC(=N)Nc1ccc(Cl)cc1.O=C(O)C(O)C(O)C(O)C(O)CO. The minimum Gasteiger partial charge on any atom is -0.479 e. The van der Waals surface area contributed by atoms with E-state index in [1.807, 2.05) is 0 Å². The molecule has 0 radical (unpaired) electrons. The highest BCUT2D eigenvalue weighted by Crippen LogP contribution is 2.12. The zero-order valence-electron chi connectivity index (χ0n) is 13.9. The van der Waals surface area contributed by atoms with E-state index >= 15 is 0 Å². The first-order valence-electron chi connectivity index (χ1n) is 7.27. The number of rotatable bonds is 6. The summed E-state index contributed by atoms with van der Waals surface area (Å²) in [6, 6.07) is 6.84. The van der Waals surface area contributed by atoms with Gasteiger partial charge in [-0.15, -0.1) is 0 Å². The van der Waals surface area contributed by atoms with Crippen molar-refractivity contribution in [3.8, 4) is 0 Å². The van der Waals surface area contributed by atoms with Gasteiger partial charge in [-0.05, 0) is 24.3 Å². The summed E-state index contributed by atoms with van der Waals surface area (Å²) >= 11 is 5.68. The van der Waals surface area contributed by atoms with Crippen LogP contribution in [-0.2, 0) is 4.79 Å². The number of nitrogens with one attached hydrogen (secondary N) is 4. The highest BCUT2D eigenvalue weighted by Gasteiger charge is 2.33. The second-order valence-electron chi connectivity index (χ2n) is 5.06. The van der Waals surface area contributed by atoms with Crippen LogP contribution in [0.4, 0.5) is 5.69 Å².